The van der Waals surface area contributed by atoms with Crippen LogP contribution in [0.4, 0.5) is 0 Å². The van der Waals surface area contributed by atoms with Crippen LogP contribution < -0.4 is 5.32 Å². The third-order valence-corrected chi connectivity index (χ3v) is 7.39. The zero-order valence-corrected chi connectivity index (χ0v) is 19.2. The topological polar surface area (TPSA) is 79.5 Å². The molecule has 8 heteroatoms. The van der Waals surface area contributed by atoms with Gasteiger partial charge in [0.1, 0.15) is 5.65 Å². The van der Waals surface area contributed by atoms with Crippen LogP contribution in [0.3, 0.4) is 0 Å². The van der Waals surface area contributed by atoms with Gasteiger partial charge in [-0.1, -0.05) is 17.7 Å². The van der Waals surface area contributed by atoms with Gasteiger partial charge in [-0.15, -0.1) is 0 Å². The van der Waals surface area contributed by atoms with E-state index in [0.717, 1.165) is 54.7 Å². The number of aromatic amines is 1. The second-order valence-electron chi connectivity index (χ2n) is 9.11. The predicted octanol–water partition coefficient (Wildman–Crippen LogP) is 3.47. The zero-order valence-electron chi connectivity index (χ0n) is 18.4. The number of fused-ring (bicyclic) bond motifs is 2. The van der Waals surface area contributed by atoms with E-state index in [0.29, 0.717) is 31.4 Å². The number of morpholine rings is 1. The molecular weight excluding hydrogens is 440 g/mol. The summed E-state index contributed by atoms with van der Waals surface area (Å²) < 4.78 is 11.3. The maximum Gasteiger partial charge on any atom is 0.228 e. The minimum Gasteiger partial charge on any atom is -0.381 e. The highest BCUT2D eigenvalue weighted by molar-refractivity contribution is 6.35. The van der Waals surface area contributed by atoms with E-state index in [1.807, 2.05) is 11.1 Å². The van der Waals surface area contributed by atoms with Crippen molar-refractivity contribution in [2.75, 3.05) is 39.5 Å². The summed E-state index contributed by atoms with van der Waals surface area (Å²) in [6.45, 7) is 4.77. The molecule has 172 valence electrons. The van der Waals surface area contributed by atoms with Crippen LogP contribution in [0.2, 0.25) is 5.02 Å². The van der Waals surface area contributed by atoms with E-state index in [1.165, 1.54) is 16.7 Å². The van der Waals surface area contributed by atoms with E-state index in [2.05, 4.69) is 33.5 Å². The lowest BCUT2D eigenvalue weighted by atomic mass is 9.87. The molecule has 3 aliphatic rings. The standard InChI is InChI=1S/C25H27ClN4O3/c26-22-11-29-24-20(22)9-18(10-28-24)17-7-15-1-4-30(25(31)16-2-5-32-13-16)12-21(15)19(8-17)23-14-33-6-3-27-23/h7-11,16,23,27H,1-6,12-14H2,(H,28,29). The molecular formula is C25H27ClN4O3. The number of hydrogen-bond donors (Lipinski definition) is 2. The number of rotatable bonds is 3. The van der Waals surface area contributed by atoms with Gasteiger partial charge in [-0.25, -0.2) is 4.98 Å². The lowest BCUT2D eigenvalue weighted by Gasteiger charge is -2.35. The van der Waals surface area contributed by atoms with Crippen LogP contribution >= 0.6 is 11.6 Å². The fraction of sp³-hybridized carbons (Fsp3) is 0.440. The van der Waals surface area contributed by atoms with Crippen molar-refractivity contribution in [3.05, 3.63) is 52.3 Å². The Bertz CT molecular complexity index is 1200. The molecule has 3 aliphatic heterocycles. The van der Waals surface area contributed by atoms with Gasteiger partial charge in [0.15, 0.2) is 0 Å². The maximum atomic E-state index is 13.1. The lowest BCUT2D eigenvalue weighted by Crippen LogP contribution is -2.41. The van der Waals surface area contributed by atoms with Crippen LogP contribution in [0.5, 0.6) is 0 Å². The van der Waals surface area contributed by atoms with Gasteiger partial charge in [0.25, 0.3) is 0 Å². The Morgan fingerprint density at radius 1 is 1.15 bits per heavy atom. The van der Waals surface area contributed by atoms with Crippen molar-refractivity contribution in [2.24, 2.45) is 5.92 Å². The number of carbonyl (C=O) groups excluding carboxylic acids is 1. The zero-order chi connectivity index (χ0) is 22.4. The SMILES string of the molecule is O=C(C1CCOC1)N1CCc2cc(-c3cnc4[nH]cc(Cl)c4c3)cc(C3COCCN3)c2C1. The number of carbonyl (C=O) groups is 1. The average Bonchev–Trinajstić information content (AvgIpc) is 3.53. The van der Waals surface area contributed by atoms with Crippen LogP contribution in [-0.2, 0) is 27.2 Å². The van der Waals surface area contributed by atoms with Crippen LogP contribution in [0.1, 0.15) is 29.2 Å². The van der Waals surface area contributed by atoms with Crippen molar-refractivity contribution < 1.29 is 14.3 Å². The van der Waals surface area contributed by atoms with Gasteiger partial charge in [0.05, 0.1) is 36.8 Å². The first-order chi connectivity index (χ1) is 16.2. The number of halogens is 1. The van der Waals surface area contributed by atoms with Gasteiger partial charge in [0, 0.05) is 49.6 Å². The number of hydrogen-bond acceptors (Lipinski definition) is 5. The van der Waals surface area contributed by atoms with Crippen molar-refractivity contribution in [1.29, 1.82) is 0 Å². The highest BCUT2D eigenvalue weighted by atomic mass is 35.5. The number of ether oxygens (including phenoxy) is 2. The Kier molecular flexibility index (Phi) is 5.58. The lowest BCUT2D eigenvalue weighted by molar-refractivity contribution is -0.136. The molecule has 1 aromatic carbocycles. The summed E-state index contributed by atoms with van der Waals surface area (Å²) in [6, 6.07) is 6.69. The summed E-state index contributed by atoms with van der Waals surface area (Å²) in [5, 5.41) is 5.20. The highest BCUT2D eigenvalue weighted by Gasteiger charge is 2.32. The van der Waals surface area contributed by atoms with Crippen LogP contribution in [0, 0.1) is 5.92 Å². The molecule has 0 radical (unpaired) electrons. The van der Waals surface area contributed by atoms with Crippen molar-refractivity contribution in [2.45, 2.75) is 25.4 Å². The molecule has 0 spiro atoms. The summed E-state index contributed by atoms with van der Waals surface area (Å²) >= 11 is 6.36. The van der Waals surface area contributed by atoms with E-state index in [9.17, 15) is 4.79 Å². The maximum absolute atomic E-state index is 13.1. The number of H-pyrrole nitrogens is 1. The number of benzene rings is 1. The first-order valence-electron chi connectivity index (χ1n) is 11.6. The van der Waals surface area contributed by atoms with E-state index in [4.69, 9.17) is 21.1 Å². The highest BCUT2D eigenvalue weighted by Crippen LogP contribution is 2.35. The Morgan fingerprint density at radius 3 is 2.88 bits per heavy atom. The number of pyridine rings is 1. The molecule has 1 amide bonds. The number of nitrogens with zero attached hydrogens (tertiary/aromatic N) is 2. The Morgan fingerprint density at radius 2 is 2.06 bits per heavy atom. The van der Waals surface area contributed by atoms with Gasteiger partial charge in [-0.3, -0.25) is 4.79 Å². The molecule has 2 aromatic heterocycles. The molecule has 2 atom stereocenters. The minimum absolute atomic E-state index is 0.00527. The van der Waals surface area contributed by atoms with E-state index < -0.39 is 0 Å². The van der Waals surface area contributed by atoms with Crippen LogP contribution in [0.15, 0.2) is 30.6 Å². The van der Waals surface area contributed by atoms with Crippen molar-refractivity contribution in [3.63, 3.8) is 0 Å². The number of nitrogens with one attached hydrogen (secondary N) is 2. The number of amides is 1. The second-order valence-corrected chi connectivity index (χ2v) is 9.52. The van der Waals surface area contributed by atoms with E-state index >= 15 is 0 Å². The molecule has 2 saturated heterocycles. The number of aromatic nitrogens is 2. The molecule has 0 bridgehead atoms. The second kappa shape index (κ2) is 8.72. The van der Waals surface area contributed by atoms with Gasteiger partial charge >= 0.3 is 0 Å². The summed E-state index contributed by atoms with van der Waals surface area (Å²) in [6.07, 6.45) is 5.32. The molecule has 0 saturated carbocycles. The summed E-state index contributed by atoms with van der Waals surface area (Å²) in [4.78, 5) is 22.8. The molecule has 2 unspecified atom stereocenters. The largest absolute Gasteiger partial charge is 0.381 e. The molecule has 5 heterocycles. The van der Waals surface area contributed by atoms with Crippen molar-refractivity contribution in [3.8, 4) is 11.1 Å². The van der Waals surface area contributed by atoms with E-state index in [-0.39, 0.29) is 17.9 Å². The smallest absolute Gasteiger partial charge is 0.228 e. The third-order valence-electron chi connectivity index (χ3n) is 7.08. The fourth-order valence-electron chi connectivity index (χ4n) is 5.25. The normalized spacial score (nSPS) is 23.1. The fourth-order valence-corrected chi connectivity index (χ4v) is 5.44. The molecule has 0 aliphatic carbocycles. The van der Waals surface area contributed by atoms with Crippen LogP contribution in [-0.4, -0.2) is 60.3 Å². The van der Waals surface area contributed by atoms with Gasteiger partial charge in [-0.2, -0.15) is 0 Å². The Labute approximate surface area is 197 Å². The minimum atomic E-state index is -0.00527. The summed E-state index contributed by atoms with van der Waals surface area (Å²) in [7, 11) is 0. The predicted molar refractivity (Wildman–Crippen MR) is 126 cm³/mol. The van der Waals surface area contributed by atoms with E-state index in [1.54, 1.807) is 6.20 Å². The monoisotopic (exact) mass is 466 g/mol. The first-order valence-corrected chi connectivity index (χ1v) is 12.0. The van der Waals surface area contributed by atoms with Crippen molar-refractivity contribution in [1.82, 2.24) is 20.2 Å². The van der Waals surface area contributed by atoms with Gasteiger partial charge in [-0.05, 0) is 47.2 Å². The average molecular weight is 467 g/mol. The molecule has 2 fully saturated rings. The van der Waals surface area contributed by atoms with Gasteiger partial charge in [0.2, 0.25) is 5.91 Å². The molecule has 6 rings (SSSR count). The van der Waals surface area contributed by atoms with Crippen molar-refractivity contribution >= 4 is 28.5 Å². The quantitative estimate of drug-likeness (QED) is 0.618. The van der Waals surface area contributed by atoms with Gasteiger partial charge < -0.3 is 24.7 Å². The van der Waals surface area contributed by atoms with Crippen LogP contribution in [0.25, 0.3) is 22.2 Å². The Balaban J connectivity index is 1.39. The third kappa shape index (κ3) is 3.93. The Hall–Kier alpha value is -2.45. The molecule has 2 N–H and O–H groups in total. The summed E-state index contributed by atoms with van der Waals surface area (Å²) in [5.74, 6) is 0.215. The molecule has 33 heavy (non-hydrogen) atoms. The first kappa shape index (κ1) is 21.1. The molecule has 7 nitrogen and oxygen atoms in total. The summed E-state index contributed by atoms with van der Waals surface area (Å²) in [5.41, 5.74) is 6.69. The molecule has 3 aromatic rings.